The fraction of sp³-hybridized carbons (Fsp3) is 0.250. The number of benzene rings is 2. The lowest BCUT2D eigenvalue weighted by molar-refractivity contribution is 0.102. The van der Waals surface area contributed by atoms with Crippen LogP contribution in [0.4, 0.5) is 11.4 Å². The Labute approximate surface area is 176 Å². The van der Waals surface area contributed by atoms with Crippen LogP contribution in [0.25, 0.3) is 0 Å². The van der Waals surface area contributed by atoms with Crippen molar-refractivity contribution < 1.29 is 9.59 Å². The quantitative estimate of drug-likeness (QED) is 0.500. The molecule has 0 aliphatic rings. The minimum Gasteiger partial charge on any atom is -0.322 e. The Kier molecular flexibility index (Phi) is 6.83. The predicted molar refractivity (Wildman–Crippen MR) is 121 cm³/mol. The molecule has 0 bridgehead atoms. The van der Waals surface area contributed by atoms with Gasteiger partial charge >= 0.3 is 0 Å². The van der Waals surface area contributed by atoms with Crippen molar-refractivity contribution in [3.63, 3.8) is 0 Å². The van der Waals surface area contributed by atoms with Crippen molar-refractivity contribution in [2.75, 3.05) is 10.6 Å². The minimum atomic E-state index is -0.174. The normalized spacial score (nSPS) is 10.6. The van der Waals surface area contributed by atoms with E-state index in [2.05, 4.69) is 24.5 Å². The standard InChI is InChI=1S/C24H26N2O2S/c1-4-10-21-17(5-2)15-22(29-21)24(28)26-20-14-9-13-19(16(20)3)25-23(27)18-11-7-6-8-12-18/h6-9,11-15H,4-5,10H2,1-3H3,(H,25,27)(H,26,28). The van der Waals surface area contributed by atoms with Gasteiger partial charge in [0.2, 0.25) is 0 Å². The lowest BCUT2D eigenvalue weighted by Gasteiger charge is -2.13. The van der Waals surface area contributed by atoms with Gasteiger partial charge in [0.05, 0.1) is 4.88 Å². The zero-order valence-corrected chi connectivity index (χ0v) is 17.9. The summed E-state index contributed by atoms with van der Waals surface area (Å²) in [5.74, 6) is -0.283. The van der Waals surface area contributed by atoms with Crippen LogP contribution in [-0.4, -0.2) is 11.8 Å². The fourth-order valence-corrected chi connectivity index (χ4v) is 4.44. The van der Waals surface area contributed by atoms with Gasteiger partial charge in [-0.05, 0) is 61.2 Å². The second-order valence-corrected chi connectivity index (χ2v) is 8.05. The third-order valence-electron chi connectivity index (χ3n) is 4.84. The second-order valence-electron chi connectivity index (χ2n) is 6.92. The molecule has 5 heteroatoms. The molecule has 0 fully saturated rings. The largest absolute Gasteiger partial charge is 0.322 e. The van der Waals surface area contributed by atoms with Crippen molar-refractivity contribution >= 4 is 34.5 Å². The molecule has 4 nitrogen and oxygen atoms in total. The van der Waals surface area contributed by atoms with Crippen LogP contribution in [0, 0.1) is 6.92 Å². The van der Waals surface area contributed by atoms with E-state index in [4.69, 9.17) is 0 Å². The molecule has 150 valence electrons. The van der Waals surface area contributed by atoms with Crippen molar-refractivity contribution in [3.05, 3.63) is 81.0 Å². The van der Waals surface area contributed by atoms with Crippen molar-refractivity contribution in [2.45, 2.75) is 40.0 Å². The molecule has 2 amide bonds. The van der Waals surface area contributed by atoms with Crippen LogP contribution in [0.3, 0.4) is 0 Å². The summed E-state index contributed by atoms with van der Waals surface area (Å²) in [5.41, 5.74) is 4.05. The summed E-state index contributed by atoms with van der Waals surface area (Å²) in [6.45, 7) is 6.16. The zero-order chi connectivity index (χ0) is 20.8. The molecule has 29 heavy (non-hydrogen) atoms. The lowest BCUT2D eigenvalue weighted by Crippen LogP contribution is -2.15. The summed E-state index contributed by atoms with van der Waals surface area (Å²) in [6, 6.07) is 16.6. The average molecular weight is 407 g/mol. The van der Waals surface area contributed by atoms with Gasteiger partial charge in [0, 0.05) is 21.8 Å². The molecule has 0 unspecified atom stereocenters. The molecule has 0 atom stereocenters. The van der Waals surface area contributed by atoms with Gasteiger partial charge in [-0.15, -0.1) is 11.3 Å². The maximum atomic E-state index is 12.8. The van der Waals surface area contributed by atoms with Gasteiger partial charge in [0.15, 0.2) is 0 Å². The van der Waals surface area contributed by atoms with E-state index in [9.17, 15) is 9.59 Å². The second kappa shape index (κ2) is 9.52. The number of thiophene rings is 1. The number of aryl methyl sites for hydroxylation is 2. The lowest BCUT2D eigenvalue weighted by atomic mass is 10.1. The molecule has 0 saturated carbocycles. The Morgan fingerprint density at radius 2 is 1.55 bits per heavy atom. The zero-order valence-electron chi connectivity index (χ0n) is 17.0. The molecule has 3 aromatic rings. The van der Waals surface area contributed by atoms with Crippen LogP contribution < -0.4 is 10.6 Å². The molecule has 2 aromatic carbocycles. The number of amides is 2. The molecule has 0 aliphatic carbocycles. The van der Waals surface area contributed by atoms with Crippen molar-refractivity contribution in [3.8, 4) is 0 Å². The molecule has 0 aliphatic heterocycles. The summed E-state index contributed by atoms with van der Waals surface area (Å²) in [5, 5.41) is 5.94. The van der Waals surface area contributed by atoms with E-state index < -0.39 is 0 Å². The van der Waals surface area contributed by atoms with E-state index in [-0.39, 0.29) is 11.8 Å². The molecule has 0 radical (unpaired) electrons. The van der Waals surface area contributed by atoms with Gasteiger partial charge in [-0.1, -0.05) is 44.5 Å². The number of carbonyl (C=O) groups is 2. The van der Waals surface area contributed by atoms with E-state index in [0.29, 0.717) is 16.9 Å². The molecule has 0 spiro atoms. The number of anilines is 2. The highest BCUT2D eigenvalue weighted by molar-refractivity contribution is 7.14. The molecular formula is C24H26N2O2S. The first-order valence-electron chi connectivity index (χ1n) is 9.92. The predicted octanol–water partition coefficient (Wildman–Crippen LogP) is 6.08. The Morgan fingerprint density at radius 3 is 2.17 bits per heavy atom. The van der Waals surface area contributed by atoms with Crippen LogP contribution in [-0.2, 0) is 12.8 Å². The van der Waals surface area contributed by atoms with Gasteiger partial charge in [-0.2, -0.15) is 0 Å². The number of carbonyl (C=O) groups excluding carboxylic acids is 2. The highest BCUT2D eigenvalue weighted by Gasteiger charge is 2.16. The third kappa shape index (κ3) is 4.93. The number of nitrogens with one attached hydrogen (secondary N) is 2. The summed E-state index contributed by atoms with van der Waals surface area (Å²) >= 11 is 1.57. The van der Waals surface area contributed by atoms with Gasteiger partial charge in [-0.25, -0.2) is 0 Å². The number of hydrogen-bond acceptors (Lipinski definition) is 3. The van der Waals surface area contributed by atoms with Gasteiger partial charge in [-0.3, -0.25) is 9.59 Å². The highest BCUT2D eigenvalue weighted by Crippen LogP contribution is 2.28. The maximum Gasteiger partial charge on any atom is 0.265 e. The summed E-state index contributed by atoms with van der Waals surface area (Å²) < 4.78 is 0. The first kappa shape index (κ1) is 20.8. The fourth-order valence-electron chi connectivity index (χ4n) is 3.19. The summed E-state index contributed by atoms with van der Waals surface area (Å²) in [6.07, 6.45) is 3.00. The van der Waals surface area contributed by atoms with Crippen LogP contribution in [0.15, 0.2) is 54.6 Å². The van der Waals surface area contributed by atoms with Crippen LogP contribution in [0.5, 0.6) is 0 Å². The molecule has 3 rings (SSSR count). The van der Waals surface area contributed by atoms with Crippen LogP contribution in [0.2, 0.25) is 0 Å². The molecule has 1 heterocycles. The Bertz CT molecular complexity index is 1010. The number of rotatable bonds is 7. The number of hydrogen-bond donors (Lipinski definition) is 2. The van der Waals surface area contributed by atoms with Crippen LogP contribution in [0.1, 0.15) is 56.3 Å². The van der Waals surface area contributed by atoms with E-state index >= 15 is 0 Å². The highest BCUT2D eigenvalue weighted by atomic mass is 32.1. The van der Waals surface area contributed by atoms with Crippen molar-refractivity contribution in [2.24, 2.45) is 0 Å². The Balaban J connectivity index is 1.77. The van der Waals surface area contributed by atoms with Crippen molar-refractivity contribution in [1.29, 1.82) is 0 Å². The molecule has 0 saturated heterocycles. The summed E-state index contributed by atoms with van der Waals surface area (Å²) in [7, 11) is 0. The average Bonchev–Trinajstić information content (AvgIpc) is 3.15. The molecular weight excluding hydrogens is 380 g/mol. The topological polar surface area (TPSA) is 58.2 Å². The first-order valence-corrected chi connectivity index (χ1v) is 10.7. The smallest absolute Gasteiger partial charge is 0.265 e. The first-order chi connectivity index (χ1) is 14.0. The Morgan fingerprint density at radius 1 is 0.897 bits per heavy atom. The van der Waals surface area contributed by atoms with E-state index in [1.807, 2.05) is 49.4 Å². The molecule has 2 N–H and O–H groups in total. The van der Waals surface area contributed by atoms with Gasteiger partial charge in [0.1, 0.15) is 0 Å². The van der Waals surface area contributed by atoms with E-state index in [1.165, 1.54) is 10.4 Å². The van der Waals surface area contributed by atoms with E-state index in [0.717, 1.165) is 29.7 Å². The van der Waals surface area contributed by atoms with Crippen molar-refractivity contribution in [1.82, 2.24) is 0 Å². The monoisotopic (exact) mass is 406 g/mol. The minimum absolute atomic E-state index is 0.110. The Hall–Kier alpha value is -2.92. The van der Waals surface area contributed by atoms with E-state index in [1.54, 1.807) is 23.5 Å². The third-order valence-corrected chi connectivity index (χ3v) is 6.08. The van der Waals surface area contributed by atoms with Gasteiger partial charge < -0.3 is 10.6 Å². The van der Waals surface area contributed by atoms with Crippen LogP contribution >= 0.6 is 11.3 Å². The SMILES string of the molecule is CCCc1sc(C(=O)Nc2cccc(NC(=O)c3ccccc3)c2C)cc1CC. The maximum absolute atomic E-state index is 12.8. The molecule has 1 aromatic heterocycles. The van der Waals surface area contributed by atoms with Gasteiger partial charge in [0.25, 0.3) is 11.8 Å². The summed E-state index contributed by atoms with van der Waals surface area (Å²) in [4.78, 5) is 27.3.